The quantitative estimate of drug-likeness (QED) is 0.621. The van der Waals surface area contributed by atoms with Gasteiger partial charge in [0, 0.05) is 18.8 Å². The molecule has 7 nitrogen and oxygen atoms in total. The van der Waals surface area contributed by atoms with Gasteiger partial charge in [0.1, 0.15) is 9.84 Å². The van der Waals surface area contributed by atoms with Crippen LogP contribution in [-0.4, -0.2) is 60.9 Å². The van der Waals surface area contributed by atoms with E-state index in [0.717, 1.165) is 6.26 Å². The van der Waals surface area contributed by atoms with Gasteiger partial charge in [-0.3, -0.25) is 9.59 Å². The third-order valence-corrected chi connectivity index (χ3v) is 3.72. The molecule has 3 N–H and O–H groups in total. The lowest BCUT2D eigenvalue weighted by atomic mass is 10.1. The zero-order chi connectivity index (χ0) is 15.2. The van der Waals surface area contributed by atoms with E-state index in [-0.39, 0.29) is 18.6 Å². The van der Waals surface area contributed by atoms with Crippen molar-refractivity contribution in [2.45, 2.75) is 38.8 Å². The van der Waals surface area contributed by atoms with Gasteiger partial charge in [0.2, 0.25) is 5.91 Å². The van der Waals surface area contributed by atoms with E-state index >= 15 is 0 Å². The van der Waals surface area contributed by atoms with E-state index in [9.17, 15) is 18.0 Å². The van der Waals surface area contributed by atoms with Gasteiger partial charge < -0.3 is 15.7 Å². The molecule has 2 atom stereocenters. The molecule has 0 fully saturated rings. The van der Waals surface area contributed by atoms with Crippen LogP contribution in [0.15, 0.2) is 0 Å². The highest BCUT2D eigenvalue weighted by atomic mass is 32.2. The van der Waals surface area contributed by atoms with Crippen LogP contribution in [0.2, 0.25) is 0 Å². The third-order valence-electron chi connectivity index (χ3n) is 2.74. The summed E-state index contributed by atoms with van der Waals surface area (Å²) < 4.78 is 22.0. The van der Waals surface area contributed by atoms with Gasteiger partial charge in [-0.1, -0.05) is 0 Å². The summed E-state index contributed by atoms with van der Waals surface area (Å²) in [5.74, 6) is -1.58. The molecule has 0 aliphatic carbocycles. The van der Waals surface area contributed by atoms with Crippen LogP contribution >= 0.6 is 0 Å². The number of sulfone groups is 1. The third kappa shape index (κ3) is 7.12. The van der Waals surface area contributed by atoms with Crippen molar-refractivity contribution in [3.8, 4) is 0 Å². The zero-order valence-electron chi connectivity index (χ0n) is 11.5. The van der Waals surface area contributed by atoms with Gasteiger partial charge in [0.05, 0.1) is 18.2 Å². The van der Waals surface area contributed by atoms with Crippen molar-refractivity contribution in [1.82, 2.24) is 4.90 Å². The van der Waals surface area contributed by atoms with E-state index in [1.54, 1.807) is 13.8 Å². The van der Waals surface area contributed by atoms with Crippen LogP contribution < -0.4 is 5.73 Å². The first kappa shape index (κ1) is 17.8. The smallest absolute Gasteiger partial charge is 0.305 e. The lowest BCUT2D eigenvalue weighted by Gasteiger charge is -2.29. The largest absolute Gasteiger partial charge is 0.481 e. The Labute approximate surface area is 113 Å². The fourth-order valence-electron chi connectivity index (χ4n) is 1.73. The number of nitrogens with two attached hydrogens (primary N) is 1. The maximum Gasteiger partial charge on any atom is 0.305 e. The van der Waals surface area contributed by atoms with E-state index in [1.165, 1.54) is 4.90 Å². The van der Waals surface area contributed by atoms with Gasteiger partial charge in [-0.15, -0.1) is 0 Å². The summed E-state index contributed by atoms with van der Waals surface area (Å²) in [6.07, 6.45) is 0.946. The van der Waals surface area contributed by atoms with Gasteiger partial charge in [-0.2, -0.15) is 0 Å². The molecule has 0 saturated carbocycles. The van der Waals surface area contributed by atoms with Crippen LogP contribution in [0.4, 0.5) is 0 Å². The molecule has 112 valence electrons. The number of amides is 1. The lowest BCUT2D eigenvalue weighted by molar-refractivity contribution is -0.140. The Morgan fingerprint density at radius 1 is 1.37 bits per heavy atom. The highest BCUT2D eigenvalue weighted by molar-refractivity contribution is 7.90. The number of aliphatic carboxylic acids is 1. The van der Waals surface area contributed by atoms with E-state index in [1.807, 2.05) is 0 Å². The maximum absolute atomic E-state index is 12.0. The van der Waals surface area contributed by atoms with Crippen molar-refractivity contribution in [1.29, 1.82) is 0 Å². The van der Waals surface area contributed by atoms with E-state index < -0.39 is 33.8 Å². The lowest BCUT2D eigenvalue weighted by Crippen LogP contribution is -2.48. The monoisotopic (exact) mass is 294 g/mol. The average molecular weight is 294 g/mol. The fourth-order valence-corrected chi connectivity index (χ4v) is 2.41. The molecular formula is C11H22N2O5S. The van der Waals surface area contributed by atoms with Gasteiger partial charge in [0.15, 0.2) is 0 Å². The summed E-state index contributed by atoms with van der Waals surface area (Å²) in [4.78, 5) is 24.0. The molecule has 0 rings (SSSR count). The molecule has 0 aromatic rings. The summed E-state index contributed by atoms with van der Waals surface area (Å²) >= 11 is 0. The Morgan fingerprint density at radius 3 is 2.26 bits per heavy atom. The Morgan fingerprint density at radius 2 is 1.89 bits per heavy atom. The Hall–Kier alpha value is -1.15. The van der Waals surface area contributed by atoms with Gasteiger partial charge >= 0.3 is 5.97 Å². The standard InChI is InChI=1S/C11H22N2O5S/c1-4-13(8(2)7-10(14)15)11(16)9(12)5-6-19(3,17)18/h8-9H,4-7,12H2,1-3H3,(H,14,15). The predicted molar refractivity (Wildman–Crippen MR) is 71.4 cm³/mol. The first-order valence-corrected chi connectivity index (χ1v) is 8.10. The number of nitrogens with zero attached hydrogens (tertiary/aromatic N) is 1. The molecular weight excluding hydrogens is 272 g/mol. The number of rotatable bonds is 8. The molecule has 0 aromatic carbocycles. The fraction of sp³-hybridized carbons (Fsp3) is 0.818. The minimum Gasteiger partial charge on any atom is -0.481 e. The SMILES string of the molecule is CCN(C(=O)C(N)CCS(C)(=O)=O)C(C)CC(=O)O. The zero-order valence-corrected chi connectivity index (χ0v) is 12.3. The molecule has 0 saturated heterocycles. The van der Waals surface area contributed by atoms with Crippen LogP contribution in [0.5, 0.6) is 0 Å². The highest BCUT2D eigenvalue weighted by Crippen LogP contribution is 2.08. The van der Waals surface area contributed by atoms with Crippen molar-refractivity contribution >= 4 is 21.7 Å². The van der Waals surface area contributed by atoms with Crippen LogP contribution in [0, 0.1) is 0 Å². The van der Waals surface area contributed by atoms with Crippen molar-refractivity contribution in [2.24, 2.45) is 5.73 Å². The maximum atomic E-state index is 12.0. The molecule has 8 heteroatoms. The van der Waals surface area contributed by atoms with E-state index in [2.05, 4.69) is 0 Å². The predicted octanol–water partition coefficient (Wildman–Crippen LogP) is -0.540. The number of likely N-dealkylation sites (N-methyl/N-ethyl adjacent to an activating group) is 1. The first-order valence-electron chi connectivity index (χ1n) is 6.04. The van der Waals surface area contributed by atoms with E-state index in [4.69, 9.17) is 10.8 Å². The van der Waals surface area contributed by atoms with Crippen molar-refractivity contribution in [2.75, 3.05) is 18.6 Å². The normalized spacial score (nSPS) is 14.7. The molecule has 19 heavy (non-hydrogen) atoms. The second-order valence-electron chi connectivity index (χ2n) is 4.60. The molecule has 2 unspecified atom stereocenters. The highest BCUT2D eigenvalue weighted by Gasteiger charge is 2.25. The molecule has 0 spiro atoms. The summed E-state index contributed by atoms with van der Waals surface area (Å²) in [7, 11) is -3.17. The molecule has 0 heterocycles. The molecule has 0 aromatic heterocycles. The van der Waals surface area contributed by atoms with Crippen molar-refractivity contribution < 1.29 is 23.1 Å². The molecule has 0 radical (unpaired) electrons. The molecule has 0 bridgehead atoms. The number of hydrogen-bond donors (Lipinski definition) is 2. The summed E-state index contributed by atoms with van der Waals surface area (Å²) in [6.45, 7) is 3.68. The number of carboxylic acid groups (broad SMARTS) is 1. The van der Waals surface area contributed by atoms with E-state index in [0.29, 0.717) is 6.54 Å². The van der Waals surface area contributed by atoms with Crippen molar-refractivity contribution in [3.05, 3.63) is 0 Å². The van der Waals surface area contributed by atoms with Gasteiger partial charge in [0.25, 0.3) is 0 Å². The van der Waals surface area contributed by atoms with Gasteiger partial charge in [-0.05, 0) is 20.3 Å². The molecule has 0 aliphatic rings. The van der Waals surface area contributed by atoms with Crippen LogP contribution in [-0.2, 0) is 19.4 Å². The van der Waals surface area contributed by atoms with Crippen molar-refractivity contribution in [3.63, 3.8) is 0 Å². The number of carbonyl (C=O) groups is 2. The van der Waals surface area contributed by atoms with Crippen LogP contribution in [0.25, 0.3) is 0 Å². The summed E-state index contributed by atoms with van der Waals surface area (Å²) in [5.41, 5.74) is 5.67. The topological polar surface area (TPSA) is 118 Å². The summed E-state index contributed by atoms with van der Waals surface area (Å²) in [5, 5.41) is 8.71. The minimum absolute atomic E-state index is 0.0357. The molecule has 0 aliphatic heterocycles. The van der Waals surface area contributed by atoms with Crippen LogP contribution in [0.3, 0.4) is 0 Å². The second kappa shape index (κ2) is 7.44. The Bertz CT molecular complexity index is 421. The first-order chi connectivity index (χ1) is 8.58. The Balaban J connectivity index is 4.61. The Kier molecular flexibility index (Phi) is 6.99. The van der Waals surface area contributed by atoms with Crippen LogP contribution in [0.1, 0.15) is 26.7 Å². The minimum atomic E-state index is -3.17. The number of hydrogen-bond acceptors (Lipinski definition) is 5. The number of carbonyl (C=O) groups excluding carboxylic acids is 1. The summed E-state index contributed by atoms with van der Waals surface area (Å²) in [6, 6.07) is -1.40. The van der Waals surface area contributed by atoms with Gasteiger partial charge in [-0.25, -0.2) is 8.42 Å². The number of carboxylic acids is 1. The average Bonchev–Trinajstić information content (AvgIpc) is 2.24. The molecule has 1 amide bonds. The second-order valence-corrected chi connectivity index (χ2v) is 6.86.